The van der Waals surface area contributed by atoms with E-state index >= 15 is 0 Å². The molecule has 1 atom stereocenters. The molecule has 5 heteroatoms. The van der Waals surface area contributed by atoms with E-state index < -0.39 is 11.9 Å². The third kappa shape index (κ3) is 3.35. The molecule has 106 valence electrons. The van der Waals surface area contributed by atoms with Crippen LogP contribution in [0.15, 0.2) is 40.9 Å². The second kappa shape index (κ2) is 6.33. The van der Waals surface area contributed by atoms with Gasteiger partial charge in [-0.05, 0) is 36.2 Å². The van der Waals surface area contributed by atoms with Crippen molar-refractivity contribution in [3.8, 4) is 5.75 Å². The van der Waals surface area contributed by atoms with E-state index in [-0.39, 0.29) is 12.2 Å². The van der Waals surface area contributed by atoms with Crippen LogP contribution in [-0.4, -0.2) is 7.11 Å². The maximum absolute atomic E-state index is 13.9. The fourth-order valence-electron chi connectivity index (χ4n) is 1.98. The summed E-state index contributed by atoms with van der Waals surface area (Å²) in [6.45, 7) is 0. The molecular formula is C15H14BrF2NO. The van der Waals surface area contributed by atoms with Crippen LogP contribution in [0.2, 0.25) is 0 Å². The van der Waals surface area contributed by atoms with Gasteiger partial charge >= 0.3 is 0 Å². The average Bonchev–Trinajstić information content (AvgIpc) is 2.42. The largest absolute Gasteiger partial charge is 0.497 e. The minimum Gasteiger partial charge on any atom is -0.497 e. The molecule has 0 saturated carbocycles. The number of benzene rings is 2. The zero-order valence-electron chi connectivity index (χ0n) is 10.9. The van der Waals surface area contributed by atoms with Gasteiger partial charge < -0.3 is 10.5 Å². The summed E-state index contributed by atoms with van der Waals surface area (Å²) in [5, 5.41) is 0. The molecule has 0 aliphatic carbocycles. The Hall–Kier alpha value is -1.46. The molecule has 2 N–H and O–H groups in total. The molecule has 20 heavy (non-hydrogen) atoms. The Labute approximate surface area is 124 Å². The Morgan fingerprint density at radius 2 is 1.90 bits per heavy atom. The van der Waals surface area contributed by atoms with Crippen molar-refractivity contribution in [2.75, 3.05) is 7.11 Å². The SMILES string of the molecule is COc1ccc(C(N)Cc2cc(Br)ccc2F)c(F)c1. The quantitative estimate of drug-likeness (QED) is 0.912. The first-order valence-electron chi connectivity index (χ1n) is 6.04. The maximum atomic E-state index is 13.9. The number of hydrogen-bond donors (Lipinski definition) is 1. The number of rotatable bonds is 4. The van der Waals surface area contributed by atoms with E-state index in [1.165, 1.54) is 19.2 Å². The zero-order valence-corrected chi connectivity index (χ0v) is 12.5. The standard InChI is InChI=1S/C15H14BrF2NO/c1-20-11-3-4-12(14(18)8-11)15(19)7-9-6-10(16)2-5-13(9)17/h2-6,8,15H,7,19H2,1H3. The van der Waals surface area contributed by atoms with Gasteiger partial charge in [-0.3, -0.25) is 0 Å². The highest BCUT2D eigenvalue weighted by molar-refractivity contribution is 9.10. The van der Waals surface area contributed by atoms with Gasteiger partial charge in [-0.15, -0.1) is 0 Å². The van der Waals surface area contributed by atoms with E-state index in [9.17, 15) is 8.78 Å². The second-order valence-corrected chi connectivity index (χ2v) is 5.35. The first-order chi connectivity index (χ1) is 9.51. The molecule has 0 bridgehead atoms. The highest BCUT2D eigenvalue weighted by Gasteiger charge is 2.15. The fourth-order valence-corrected chi connectivity index (χ4v) is 2.39. The first-order valence-corrected chi connectivity index (χ1v) is 6.83. The number of hydrogen-bond acceptors (Lipinski definition) is 2. The molecule has 2 aromatic rings. The highest BCUT2D eigenvalue weighted by atomic mass is 79.9. The summed E-state index contributed by atoms with van der Waals surface area (Å²) in [6.07, 6.45) is 0.217. The molecule has 1 unspecified atom stereocenters. The first kappa shape index (κ1) is 14.9. The molecule has 0 aliphatic heterocycles. The van der Waals surface area contributed by atoms with Crippen LogP contribution in [0, 0.1) is 11.6 Å². The third-order valence-electron chi connectivity index (χ3n) is 3.05. The monoisotopic (exact) mass is 341 g/mol. The van der Waals surface area contributed by atoms with Gasteiger partial charge in [0.1, 0.15) is 17.4 Å². The lowest BCUT2D eigenvalue weighted by atomic mass is 9.99. The van der Waals surface area contributed by atoms with Gasteiger partial charge in [-0.25, -0.2) is 8.78 Å². The van der Waals surface area contributed by atoms with E-state index in [1.807, 2.05) is 0 Å². The molecule has 0 aliphatic rings. The summed E-state index contributed by atoms with van der Waals surface area (Å²) < 4.78 is 33.3. The average molecular weight is 342 g/mol. The number of nitrogens with two attached hydrogens (primary N) is 1. The summed E-state index contributed by atoms with van der Waals surface area (Å²) in [5.74, 6) is -0.378. The number of ether oxygens (including phenoxy) is 1. The lowest BCUT2D eigenvalue weighted by Crippen LogP contribution is -2.15. The van der Waals surface area contributed by atoms with E-state index in [1.54, 1.807) is 24.3 Å². The Morgan fingerprint density at radius 3 is 2.55 bits per heavy atom. The van der Waals surface area contributed by atoms with E-state index in [0.717, 1.165) is 4.47 Å². The van der Waals surface area contributed by atoms with Gasteiger partial charge in [-0.1, -0.05) is 22.0 Å². The van der Waals surface area contributed by atoms with Crippen molar-refractivity contribution < 1.29 is 13.5 Å². The van der Waals surface area contributed by atoms with Gasteiger partial charge in [0.2, 0.25) is 0 Å². The van der Waals surface area contributed by atoms with Crippen LogP contribution < -0.4 is 10.5 Å². The van der Waals surface area contributed by atoms with Crippen LogP contribution in [0.1, 0.15) is 17.2 Å². The van der Waals surface area contributed by atoms with Crippen LogP contribution in [0.25, 0.3) is 0 Å². The van der Waals surface area contributed by atoms with Gasteiger partial charge in [-0.2, -0.15) is 0 Å². The van der Waals surface area contributed by atoms with Crippen molar-refractivity contribution in [3.05, 3.63) is 63.6 Å². The molecule has 2 aromatic carbocycles. The van der Waals surface area contributed by atoms with Gasteiger partial charge in [0.15, 0.2) is 0 Å². The molecule has 0 heterocycles. The highest BCUT2D eigenvalue weighted by Crippen LogP contribution is 2.25. The summed E-state index contributed by atoms with van der Waals surface area (Å²) in [7, 11) is 1.46. The van der Waals surface area contributed by atoms with E-state index in [2.05, 4.69) is 15.9 Å². The van der Waals surface area contributed by atoms with E-state index in [4.69, 9.17) is 10.5 Å². The van der Waals surface area contributed by atoms with Crippen LogP contribution in [0.3, 0.4) is 0 Å². The van der Waals surface area contributed by atoms with Gasteiger partial charge in [0.05, 0.1) is 7.11 Å². The summed E-state index contributed by atoms with van der Waals surface area (Å²) >= 11 is 3.28. The van der Waals surface area contributed by atoms with Crippen molar-refractivity contribution in [1.29, 1.82) is 0 Å². The molecule has 0 aromatic heterocycles. The molecule has 2 rings (SSSR count). The van der Waals surface area contributed by atoms with Crippen LogP contribution >= 0.6 is 15.9 Å². The van der Waals surface area contributed by atoms with Crippen LogP contribution in [0.4, 0.5) is 8.78 Å². The minimum absolute atomic E-state index is 0.217. The molecular weight excluding hydrogens is 328 g/mol. The van der Waals surface area contributed by atoms with Crippen molar-refractivity contribution >= 4 is 15.9 Å². The van der Waals surface area contributed by atoms with Crippen molar-refractivity contribution in [2.45, 2.75) is 12.5 Å². The topological polar surface area (TPSA) is 35.2 Å². The predicted molar refractivity (Wildman–Crippen MR) is 77.7 cm³/mol. The van der Waals surface area contributed by atoms with Crippen molar-refractivity contribution in [2.24, 2.45) is 5.73 Å². The Balaban J connectivity index is 2.23. The summed E-state index contributed by atoms with van der Waals surface area (Å²) in [4.78, 5) is 0. The second-order valence-electron chi connectivity index (χ2n) is 4.43. The van der Waals surface area contributed by atoms with Crippen LogP contribution in [-0.2, 0) is 6.42 Å². The van der Waals surface area contributed by atoms with Crippen molar-refractivity contribution in [1.82, 2.24) is 0 Å². The minimum atomic E-state index is -0.621. The molecule has 2 nitrogen and oxygen atoms in total. The molecule has 0 radical (unpaired) electrons. The Bertz CT molecular complexity index is 619. The molecule has 0 saturated heterocycles. The number of halogens is 3. The van der Waals surface area contributed by atoms with Crippen LogP contribution in [0.5, 0.6) is 5.75 Å². The summed E-state index contributed by atoms with van der Waals surface area (Å²) in [6, 6.07) is 8.46. The zero-order chi connectivity index (χ0) is 14.7. The number of methoxy groups -OCH3 is 1. The maximum Gasteiger partial charge on any atom is 0.131 e. The molecule has 0 fully saturated rings. The third-order valence-corrected chi connectivity index (χ3v) is 3.55. The lowest BCUT2D eigenvalue weighted by Gasteiger charge is -2.14. The Kier molecular flexibility index (Phi) is 4.73. The predicted octanol–water partition coefficient (Wildman–Crippen LogP) is 3.98. The smallest absolute Gasteiger partial charge is 0.131 e. The van der Waals surface area contributed by atoms with Gasteiger partial charge in [0.25, 0.3) is 0 Å². The van der Waals surface area contributed by atoms with E-state index in [0.29, 0.717) is 16.9 Å². The lowest BCUT2D eigenvalue weighted by molar-refractivity contribution is 0.410. The Morgan fingerprint density at radius 1 is 1.15 bits per heavy atom. The fraction of sp³-hybridized carbons (Fsp3) is 0.200. The van der Waals surface area contributed by atoms with Crippen molar-refractivity contribution in [3.63, 3.8) is 0 Å². The summed E-state index contributed by atoms with van der Waals surface area (Å²) in [5.41, 5.74) is 6.76. The normalized spacial score (nSPS) is 12.2. The van der Waals surface area contributed by atoms with Gasteiger partial charge in [0, 0.05) is 22.1 Å². The molecule has 0 amide bonds. The molecule has 0 spiro atoms.